The Morgan fingerprint density at radius 1 is 1.33 bits per heavy atom. The number of anilines is 1. The van der Waals surface area contributed by atoms with Crippen molar-refractivity contribution >= 4 is 17.0 Å². The summed E-state index contributed by atoms with van der Waals surface area (Å²) < 4.78 is 0. The minimum Gasteiger partial charge on any atom is -0.369 e. The Kier molecular flexibility index (Phi) is 4.33. The van der Waals surface area contributed by atoms with Gasteiger partial charge in [-0.15, -0.1) is 11.3 Å². The summed E-state index contributed by atoms with van der Waals surface area (Å²) in [6.07, 6.45) is 0. The second-order valence-electron chi connectivity index (χ2n) is 4.38. The van der Waals surface area contributed by atoms with Crippen molar-refractivity contribution in [1.82, 2.24) is 10.3 Å². The van der Waals surface area contributed by atoms with Gasteiger partial charge in [0.05, 0.1) is 17.7 Å². The number of hydrogen-bond donors (Lipinski definition) is 1. The zero-order valence-corrected chi connectivity index (χ0v) is 11.9. The summed E-state index contributed by atoms with van der Waals surface area (Å²) in [4.78, 5) is 7.92. The van der Waals surface area contributed by atoms with Crippen molar-refractivity contribution in [3.8, 4) is 0 Å². The second kappa shape index (κ2) is 5.98. The van der Waals surface area contributed by atoms with E-state index >= 15 is 0 Å². The molecule has 0 bridgehead atoms. The molecule has 96 valence electrons. The Balaban J connectivity index is 2.18. The molecular formula is C14H19N3S. The average Bonchev–Trinajstić information content (AvgIpc) is 2.76. The fraction of sp³-hybridized carbons (Fsp3) is 0.357. The lowest BCUT2D eigenvalue weighted by Gasteiger charge is -2.22. The van der Waals surface area contributed by atoms with Crippen LogP contribution in [-0.2, 0) is 13.1 Å². The van der Waals surface area contributed by atoms with Crippen LogP contribution in [0.1, 0.15) is 16.1 Å². The highest BCUT2D eigenvalue weighted by Gasteiger charge is 2.09. The van der Waals surface area contributed by atoms with Crippen LogP contribution in [0, 0.1) is 6.92 Å². The molecule has 0 saturated heterocycles. The minimum absolute atomic E-state index is 0.891. The normalized spacial score (nSPS) is 10.6. The van der Waals surface area contributed by atoms with E-state index in [2.05, 4.69) is 53.4 Å². The van der Waals surface area contributed by atoms with Crippen molar-refractivity contribution in [2.75, 3.05) is 19.0 Å². The molecule has 0 radical (unpaired) electrons. The van der Waals surface area contributed by atoms with E-state index in [4.69, 9.17) is 0 Å². The standard InChI is InChI=1S/C14H19N3S/c1-11-14(18-10-16-11)9-17(3)13-7-5-4-6-12(13)8-15-2/h4-7,10,15H,8-9H2,1-3H3. The summed E-state index contributed by atoms with van der Waals surface area (Å²) >= 11 is 1.72. The van der Waals surface area contributed by atoms with Crippen molar-refractivity contribution < 1.29 is 0 Å². The molecule has 0 spiro atoms. The van der Waals surface area contributed by atoms with Gasteiger partial charge in [-0.2, -0.15) is 0 Å². The number of nitrogens with one attached hydrogen (secondary N) is 1. The Bertz CT molecular complexity index is 507. The summed E-state index contributed by atoms with van der Waals surface area (Å²) in [5.41, 5.74) is 5.65. The first-order chi connectivity index (χ1) is 8.72. The van der Waals surface area contributed by atoms with Crippen LogP contribution in [0.4, 0.5) is 5.69 Å². The number of nitrogens with zero attached hydrogens (tertiary/aromatic N) is 2. The Morgan fingerprint density at radius 2 is 2.11 bits per heavy atom. The van der Waals surface area contributed by atoms with E-state index in [0.29, 0.717) is 0 Å². The molecule has 0 amide bonds. The number of aryl methyl sites for hydroxylation is 1. The van der Waals surface area contributed by atoms with Gasteiger partial charge in [0.2, 0.25) is 0 Å². The van der Waals surface area contributed by atoms with Gasteiger partial charge in [0.1, 0.15) is 0 Å². The first-order valence-corrected chi connectivity index (χ1v) is 6.93. The van der Waals surface area contributed by atoms with Crippen molar-refractivity contribution in [2.45, 2.75) is 20.0 Å². The second-order valence-corrected chi connectivity index (χ2v) is 5.32. The van der Waals surface area contributed by atoms with Gasteiger partial charge in [0.25, 0.3) is 0 Å². The van der Waals surface area contributed by atoms with Crippen LogP contribution in [0.15, 0.2) is 29.8 Å². The van der Waals surface area contributed by atoms with Crippen LogP contribution in [-0.4, -0.2) is 19.1 Å². The third kappa shape index (κ3) is 2.89. The summed E-state index contributed by atoms with van der Waals surface area (Å²) in [5.74, 6) is 0. The molecule has 1 heterocycles. The number of rotatable bonds is 5. The van der Waals surface area contributed by atoms with E-state index in [0.717, 1.165) is 18.8 Å². The fourth-order valence-corrected chi connectivity index (χ4v) is 2.83. The molecule has 0 unspecified atom stereocenters. The van der Waals surface area contributed by atoms with Gasteiger partial charge in [0, 0.05) is 24.2 Å². The number of aromatic nitrogens is 1. The smallest absolute Gasteiger partial charge is 0.0798 e. The third-order valence-corrected chi connectivity index (χ3v) is 3.92. The van der Waals surface area contributed by atoms with Crippen molar-refractivity contribution in [2.24, 2.45) is 0 Å². The van der Waals surface area contributed by atoms with E-state index in [1.54, 1.807) is 11.3 Å². The molecule has 2 aromatic rings. The zero-order chi connectivity index (χ0) is 13.0. The van der Waals surface area contributed by atoms with Crippen LogP contribution in [0.2, 0.25) is 0 Å². The summed E-state index contributed by atoms with van der Waals surface area (Å²) in [6, 6.07) is 8.51. The first-order valence-electron chi connectivity index (χ1n) is 6.05. The highest BCUT2D eigenvalue weighted by molar-refractivity contribution is 7.09. The quantitative estimate of drug-likeness (QED) is 0.897. The van der Waals surface area contributed by atoms with Crippen LogP contribution < -0.4 is 10.2 Å². The molecule has 1 N–H and O–H groups in total. The number of hydrogen-bond acceptors (Lipinski definition) is 4. The number of thiazole rings is 1. The SMILES string of the molecule is CNCc1ccccc1N(C)Cc1scnc1C. The highest BCUT2D eigenvalue weighted by atomic mass is 32.1. The molecule has 0 aliphatic carbocycles. The van der Waals surface area contributed by atoms with Crippen molar-refractivity contribution in [1.29, 1.82) is 0 Å². The maximum Gasteiger partial charge on any atom is 0.0798 e. The molecule has 0 atom stereocenters. The van der Waals surface area contributed by atoms with Gasteiger partial charge in [-0.05, 0) is 25.6 Å². The average molecular weight is 261 g/mol. The molecule has 1 aromatic carbocycles. The molecule has 0 fully saturated rings. The lowest BCUT2D eigenvalue weighted by molar-refractivity contribution is 0.806. The van der Waals surface area contributed by atoms with Crippen LogP contribution >= 0.6 is 11.3 Å². The molecule has 3 nitrogen and oxygen atoms in total. The molecule has 18 heavy (non-hydrogen) atoms. The number of benzene rings is 1. The Morgan fingerprint density at radius 3 is 2.78 bits per heavy atom. The molecule has 0 aliphatic heterocycles. The van der Waals surface area contributed by atoms with Crippen LogP contribution in [0.25, 0.3) is 0 Å². The maximum atomic E-state index is 4.30. The van der Waals surface area contributed by atoms with Crippen LogP contribution in [0.5, 0.6) is 0 Å². The molecule has 0 aliphatic rings. The van der Waals surface area contributed by atoms with Gasteiger partial charge >= 0.3 is 0 Å². The maximum absolute atomic E-state index is 4.30. The topological polar surface area (TPSA) is 28.2 Å². The van der Waals surface area contributed by atoms with E-state index < -0.39 is 0 Å². The van der Waals surface area contributed by atoms with Gasteiger partial charge in [0.15, 0.2) is 0 Å². The lowest BCUT2D eigenvalue weighted by atomic mass is 10.1. The van der Waals surface area contributed by atoms with Gasteiger partial charge in [-0.25, -0.2) is 4.98 Å². The van der Waals surface area contributed by atoms with E-state index in [-0.39, 0.29) is 0 Å². The van der Waals surface area contributed by atoms with E-state index in [1.807, 2.05) is 12.6 Å². The molecule has 1 aromatic heterocycles. The predicted molar refractivity (Wildman–Crippen MR) is 78.2 cm³/mol. The van der Waals surface area contributed by atoms with E-state index in [9.17, 15) is 0 Å². The number of para-hydroxylation sites is 1. The van der Waals surface area contributed by atoms with Crippen molar-refractivity contribution in [3.63, 3.8) is 0 Å². The van der Waals surface area contributed by atoms with Gasteiger partial charge in [-0.1, -0.05) is 18.2 Å². The minimum atomic E-state index is 0.891. The predicted octanol–water partition coefficient (Wildman–Crippen LogP) is 2.81. The first kappa shape index (κ1) is 13.1. The summed E-state index contributed by atoms with van der Waals surface area (Å²) in [6.45, 7) is 3.87. The molecule has 4 heteroatoms. The molecule has 0 saturated carbocycles. The van der Waals surface area contributed by atoms with E-state index in [1.165, 1.54) is 16.1 Å². The third-order valence-electron chi connectivity index (χ3n) is 3.00. The highest BCUT2D eigenvalue weighted by Crippen LogP contribution is 2.23. The largest absolute Gasteiger partial charge is 0.369 e. The van der Waals surface area contributed by atoms with Crippen LogP contribution in [0.3, 0.4) is 0 Å². The monoisotopic (exact) mass is 261 g/mol. The summed E-state index contributed by atoms with van der Waals surface area (Å²) in [5, 5.41) is 3.21. The van der Waals surface area contributed by atoms with Gasteiger partial charge in [-0.3, -0.25) is 0 Å². The van der Waals surface area contributed by atoms with Gasteiger partial charge < -0.3 is 10.2 Å². The fourth-order valence-electron chi connectivity index (χ4n) is 2.00. The zero-order valence-electron chi connectivity index (χ0n) is 11.1. The molecule has 2 rings (SSSR count). The molecular weight excluding hydrogens is 242 g/mol. The summed E-state index contributed by atoms with van der Waals surface area (Å²) in [7, 11) is 4.11. The Labute approximate surface area is 112 Å². The lowest BCUT2D eigenvalue weighted by Crippen LogP contribution is -2.19. The van der Waals surface area contributed by atoms with Crippen molar-refractivity contribution in [3.05, 3.63) is 45.9 Å². The Hall–Kier alpha value is -1.39.